The fourth-order valence-electron chi connectivity index (χ4n) is 3.31. The summed E-state index contributed by atoms with van der Waals surface area (Å²) >= 11 is 0. The van der Waals surface area contributed by atoms with Crippen LogP contribution in [0.4, 0.5) is 0 Å². The summed E-state index contributed by atoms with van der Waals surface area (Å²) in [7, 11) is 0. The van der Waals surface area contributed by atoms with Gasteiger partial charge >= 0.3 is 0 Å². The van der Waals surface area contributed by atoms with Crippen LogP contribution in [-0.2, 0) is 11.3 Å². The van der Waals surface area contributed by atoms with Gasteiger partial charge in [0.25, 0.3) is 5.56 Å². The molecule has 5 heteroatoms. The highest BCUT2D eigenvalue weighted by Gasteiger charge is 2.31. The number of rotatable bonds is 3. The topological polar surface area (TPSA) is 55.2 Å². The van der Waals surface area contributed by atoms with Crippen molar-refractivity contribution in [2.24, 2.45) is 5.92 Å². The number of amides is 1. The first-order valence-electron chi connectivity index (χ1n) is 8.13. The molecule has 0 saturated carbocycles. The molecule has 1 aromatic heterocycles. The number of likely N-dealkylation sites (tertiary alicyclic amines) is 1. The van der Waals surface area contributed by atoms with Crippen molar-refractivity contribution >= 4 is 16.8 Å². The maximum Gasteiger partial charge on any atom is 0.261 e. The fraction of sp³-hybridized carbons (Fsp3) is 0.500. The van der Waals surface area contributed by atoms with Crippen molar-refractivity contribution < 1.29 is 4.79 Å². The van der Waals surface area contributed by atoms with Crippen LogP contribution in [-0.4, -0.2) is 32.9 Å². The lowest BCUT2D eigenvalue weighted by Gasteiger charge is -2.21. The predicted molar refractivity (Wildman–Crippen MR) is 90.4 cm³/mol. The number of nitrogens with zero attached hydrogens (tertiary/aromatic N) is 3. The molecule has 0 N–H and O–H groups in total. The first-order chi connectivity index (χ1) is 10.9. The maximum absolute atomic E-state index is 12.7. The maximum atomic E-state index is 12.7. The van der Waals surface area contributed by atoms with E-state index in [0.717, 1.165) is 16.6 Å². The van der Waals surface area contributed by atoms with Gasteiger partial charge in [0.15, 0.2) is 0 Å². The Hall–Kier alpha value is -2.17. The number of carbonyl (C=O) groups excluding carboxylic acids is 1. The number of hydrogen-bond acceptors (Lipinski definition) is 3. The molecule has 122 valence electrons. The Bertz CT molecular complexity index is 823. The zero-order valence-corrected chi connectivity index (χ0v) is 14.2. The molecule has 0 radical (unpaired) electrons. The van der Waals surface area contributed by atoms with Crippen LogP contribution in [0.1, 0.15) is 31.4 Å². The Morgan fingerprint density at radius 2 is 2.00 bits per heavy atom. The summed E-state index contributed by atoms with van der Waals surface area (Å²) in [4.78, 5) is 31.1. The first-order valence-corrected chi connectivity index (χ1v) is 8.13. The highest BCUT2D eigenvalue weighted by atomic mass is 16.2. The Labute approximate surface area is 135 Å². The van der Waals surface area contributed by atoms with Gasteiger partial charge in [-0.15, -0.1) is 0 Å². The molecule has 2 aromatic rings. The molecule has 0 aliphatic carbocycles. The summed E-state index contributed by atoms with van der Waals surface area (Å²) in [6.45, 7) is 9.32. The Balaban J connectivity index is 1.90. The van der Waals surface area contributed by atoms with Crippen LogP contribution in [0, 0.1) is 19.8 Å². The quantitative estimate of drug-likeness (QED) is 0.873. The van der Waals surface area contributed by atoms with Crippen LogP contribution in [0.2, 0.25) is 0 Å². The minimum atomic E-state index is -0.0199. The lowest BCUT2D eigenvalue weighted by molar-refractivity contribution is -0.129. The lowest BCUT2D eigenvalue weighted by Crippen LogP contribution is -2.33. The molecule has 1 atom stereocenters. The van der Waals surface area contributed by atoms with Crippen LogP contribution < -0.4 is 5.56 Å². The zero-order chi connectivity index (χ0) is 16.7. The molecule has 1 amide bonds. The number of benzene rings is 1. The van der Waals surface area contributed by atoms with Gasteiger partial charge in [-0.25, -0.2) is 4.98 Å². The summed E-state index contributed by atoms with van der Waals surface area (Å²) in [5.74, 6) is 0.353. The first kappa shape index (κ1) is 15.7. The average Bonchev–Trinajstić information content (AvgIpc) is 2.87. The second-order valence-electron chi connectivity index (χ2n) is 6.82. The van der Waals surface area contributed by atoms with Crippen molar-refractivity contribution in [2.45, 2.75) is 46.7 Å². The molecule has 3 rings (SSSR count). The molecule has 1 aliphatic rings. The van der Waals surface area contributed by atoms with Crippen molar-refractivity contribution in [3.05, 3.63) is 39.9 Å². The largest absolute Gasteiger partial charge is 0.340 e. The molecule has 1 aliphatic heterocycles. The highest BCUT2D eigenvalue weighted by molar-refractivity contribution is 5.81. The molecule has 1 aromatic carbocycles. The Morgan fingerprint density at radius 1 is 1.26 bits per heavy atom. The lowest BCUT2D eigenvalue weighted by atomic mass is 10.1. The number of fused-ring (bicyclic) bond motifs is 1. The highest BCUT2D eigenvalue weighted by Crippen LogP contribution is 2.22. The van der Waals surface area contributed by atoms with Crippen LogP contribution >= 0.6 is 0 Å². The van der Waals surface area contributed by atoms with Crippen molar-refractivity contribution in [1.82, 2.24) is 14.5 Å². The van der Waals surface area contributed by atoms with Gasteiger partial charge in [0.1, 0.15) is 0 Å². The summed E-state index contributed by atoms with van der Waals surface area (Å²) in [6.07, 6.45) is 2.13. The summed E-state index contributed by atoms with van der Waals surface area (Å²) in [5.41, 5.74) is 2.94. The zero-order valence-electron chi connectivity index (χ0n) is 14.2. The number of hydrogen-bond donors (Lipinski definition) is 0. The molecule has 1 saturated heterocycles. The van der Waals surface area contributed by atoms with E-state index >= 15 is 0 Å². The van der Waals surface area contributed by atoms with Gasteiger partial charge in [0, 0.05) is 31.5 Å². The minimum absolute atomic E-state index is 0.0199. The van der Waals surface area contributed by atoms with Gasteiger partial charge in [-0.1, -0.05) is 6.07 Å². The van der Waals surface area contributed by atoms with E-state index in [1.165, 1.54) is 0 Å². The van der Waals surface area contributed by atoms with Gasteiger partial charge in [0.05, 0.1) is 17.2 Å². The van der Waals surface area contributed by atoms with Gasteiger partial charge in [-0.2, -0.15) is 0 Å². The second kappa shape index (κ2) is 5.80. The van der Waals surface area contributed by atoms with E-state index in [-0.39, 0.29) is 23.4 Å². The normalized spacial score (nSPS) is 18.4. The molecule has 0 spiro atoms. The smallest absolute Gasteiger partial charge is 0.261 e. The van der Waals surface area contributed by atoms with E-state index in [0.29, 0.717) is 24.9 Å². The minimum Gasteiger partial charge on any atom is -0.340 e. The molecule has 2 heterocycles. The van der Waals surface area contributed by atoms with E-state index < -0.39 is 0 Å². The Kier molecular flexibility index (Phi) is 3.96. The fourth-order valence-corrected chi connectivity index (χ4v) is 3.31. The van der Waals surface area contributed by atoms with E-state index in [2.05, 4.69) is 4.98 Å². The molecular formula is C18H23N3O2. The van der Waals surface area contributed by atoms with Crippen molar-refractivity contribution in [3.63, 3.8) is 0 Å². The third kappa shape index (κ3) is 2.76. The SMILES string of the molecule is Cc1ccc2c(=O)n(C[C@@H]3CC(=O)N(C(C)C)C3)cnc2c1C. The van der Waals surface area contributed by atoms with Gasteiger partial charge in [-0.3, -0.25) is 14.2 Å². The summed E-state index contributed by atoms with van der Waals surface area (Å²) < 4.78 is 1.65. The monoisotopic (exact) mass is 313 g/mol. The van der Waals surface area contributed by atoms with Gasteiger partial charge < -0.3 is 4.90 Å². The number of aromatic nitrogens is 2. The molecule has 0 unspecified atom stereocenters. The van der Waals surface area contributed by atoms with Crippen LogP contribution in [0.5, 0.6) is 0 Å². The van der Waals surface area contributed by atoms with E-state index in [9.17, 15) is 9.59 Å². The van der Waals surface area contributed by atoms with Crippen LogP contribution in [0.25, 0.3) is 10.9 Å². The molecule has 5 nitrogen and oxygen atoms in total. The van der Waals surface area contributed by atoms with E-state index in [1.807, 2.05) is 44.7 Å². The standard InChI is InChI=1S/C18H23N3O2/c1-11(2)21-9-14(7-16(21)22)8-20-10-19-17-13(4)12(3)5-6-15(17)18(20)23/h5-6,10-11,14H,7-9H2,1-4H3/t14-/m0/s1. The average molecular weight is 313 g/mol. The van der Waals surface area contributed by atoms with Crippen LogP contribution in [0.3, 0.4) is 0 Å². The third-order valence-electron chi connectivity index (χ3n) is 4.84. The molecule has 0 bridgehead atoms. The van der Waals surface area contributed by atoms with Crippen molar-refractivity contribution in [1.29, 1.82) is 0 Å². The predicted octanol–water partition coefficient (Wildman–Crippen LogP) is 2.27. The van der Waals surface area contributed by atoms with Crippen molar-refractivity contribution in [3.8, 4) is 0 Å². The number of aryl methyl sites for hydroxylation is 2. The molecular weight excluding hydrogens is 290 g/mol. The number of carbonyl (C=O) groups is 1. The van der Waals surface area contributed by atoms with Crippen molar-refractivity contribution in [2.75, 3.05) is 6.54 Å². The van der Waals surface area contributed by atoms with E-state index in [4.69, 9.17) is 0 Å². The summed E-state index contributed by atoms with van der Waals surface area (Å²) in [6, 6.07) is 4.03. The third-order valence-corrected chi connectivity index (χ3v) is 4.84. The van der Waals surface area contributed by atoms with Crippen LogP contribution in [0.15, 0.2) is 23.3 Å². The molecule has 23 heavy (non-hydrogen) atoms. The van der Waals surface area contributed by atoms with E-state index in [1.54, 1.807) is 10.9 Å². The van der Waals surface area contributed by atoms with Gasteiger partial charge in [-0.05, 0) is 44.9 Å². The second-order valence-corrected chi connectivity index (χ2v) is 6.82. The van der Waals surface area contributed by atoms with Gasteiger partial charge in [0.2, 0.25) is 5.91 Å². The molecule has 1 fully saturated rings. The summed E-state index contributed by atoms with van der Waals surface area (Å²) in [5, 5.41) is 0.653. The Morgan fingerprint density at radius 3 is 2.65 bits per heavy atom.